The van der Waals surface area contributed by atoms with Gasteiger partial charge in [0.15, 0.2) is 0 Å². The van der Waals surface area contributed by atoms with Gasteiger partial charge < -0.3 is 10.0 Å². The molecule has 1 aliphatic rings. The van der Waals surface area contributed by atoms with E-state index < -0.39 is 14.6 Å². The maximum absolute atomic E-state index is 8.22. The Kier molecular flexibility index (Phi) is 1.84. The van der Waals surface area contributed by atoms with Crippen molar-refractivity contribution in [2.75, 3.05) is 0 Å². The number of hydrogen-bond donors (Lipinski definition) is 2. The summed E-state index contributed by atoms with van der Waals surface area (Å²) in [6, 6.07) is 0. The first kappa shape index (κ1) is 6.02. The molecule has 8 heavy (non-hydrogen) atoms. The molecule has 0 aromatic carbocycles. The second kappa shape index (κ2) is 2.44. The van der Waals surface area contributed by atoms with Gasteiger partial charge in [0.2, 0.25) is 0 Å². The van der Waals surface area contributed by atoms with Gasteiger partial charge in [-0.15, -0.1) is 0 Å². The Labute approximate surface area is 45.1 Å². The fourth-order valence-electron chi connectivity index (χ4n) is 0.222. The van der Waals surface area contributed by atoms with Crippen LogP contribution in [0.25, 0.3) is 0 Å². The highest BCUT2D eigenvalue weighted by Gasteiger charge is 2.33. The summed E-state index contributed by atoms with van der Waals surface area (Å²) in [7, 11) is -3.17. The Morgan fingerprint density at radius 1 is 0.750 bits per heavy atom. The summed E-state index contributed by atoms with van der Waals surface area (Å²) >= 11 is 0. The highest BCUT2D eigenvalue weighted by Crippen LogP contribution is 1.98. The smallest absolute Gasteiger partial charge is 0.399 e. The first-order valence-corrected chi connectivity index (χ1v) is 1.79. The molecule has 0 atom stereocenters. The fourth-order valence-corrected chi connectivity index (χ4v) is 0.222. The maximum Gasteiger partial charge on any atom is 0.691 e. The van der Waals surface area contributed by atoms with Crippen LogP contribution in [0.4, 0.5) is 0 Å². The van der Waals surface area contributed by atoms with E-state index in [9.17, 15) is 0 Å². The van der Waals surface area contributed by atoms with E-state index in [4.69, 9.17) is 10.0 Å². The van der Waals surface area contributed by atoms with E-state index >= 15 is 0 Å². The minimum Gasteiger partial charge on any atom is -0.399 e. The maximum atomic E-state index is 8.22. The van der Waals surface area contributed by atoms with Gasteiger partial charge in [-0.3, -0.25) is 0 Å². The van der Waals surface area contributed by atoms with Crippen molar-refractivity contribution in [2.24, 2.45) is 0 Å². The van der Waals surface area contributed by atoms with Gasteiger partial charge in [-0.1, -0.05) is 0 Å². The molecule has 0 saturated carbocycles. The van der Waals surface area contributed by atoms with Crippen LogP contribution in [0, 0.1) is 0 Å². The fraction of sp³-hybridized carbons (Fsp3) is 0. The summed E-state index contributed by atoms with van der Waals surface area (Å²) in [4.78, 5) is 15.4. The van der Waals surface area contributed by atoms with Crippen molar-refractivity contribution >= 4 is 14.6 Å². The largest absolute Gasteiger partial charge is 0.691 e. The molecule has 2 N–H and O–H groups in total. The van der Waals surface area contributed by atoms with E-state index in [0.717, 1.165) is 0 Å². The molecule has 0 bridgehead atoms. The predicted octanol–water partition coefficient (Wildman–Crippen LogP) is -2.15. The molecule has 0 radical (unpaired) electrons. The molecule has 1 rings (SSSR count). The zero-order valence-electron chi connectivity index (χ0n) is 3.68. The highest BCUT2D eigenvalue weighted by molar-refractivity contribution is 6.40. The van der Waals surface area contributed by atoms with E-state index in [-0.39, 0.29) is 0 Å². The van der Waals surface area contributed by atoms with Gasteiger partial charge in [-0.2, -0.15) is 0 Å². The lowest BCUT2D eigenvalue weighted by Crippen LogP contribution is -2.38. The number of rotatable bonds is 0. The molecule has 0 aliphatic carbocycles. The summed E-state index contributed by atoms with van der Waals surface area (Å²) in [6.45, 7) is 0. The highest BCUT2D eigenvalue weighted by atomic mass is 17.3. The van der Waals surface area contributed by atoms with Crippen molar-refractivity contribution in [3.8, 4) is 0 Å². The minimum absolute atomic E-state index is 1.58. The van der Waals surface area contributed by atoms with Gasteiger partial charge in [0.05, 0.1) is 0 Å². The summed E-state index contributed by atoms with van der Waals surface area (Å²) in [5.41, 5.74) is 0. The molecule has 0 unspecified atom stereocenters. The monoisotopic (exact) mass is 120 g/mol. The van der Waals surface area contributed by atoms with Gasteiger partial charge >= 0.3 is 14.6 Å². The van der Waals surface area contributed by atoms with Crippen LogP contribution in [-0.4, -0.2) is 24.7 Å². The molecule has 1 heterocycles. The Balaban J connectivity index is 2.19. The molecule has 0 amide bonds. The van der Waals surface area contributed by atoms with Crippen molar-refractivity contribution < 1.29 is 29.3 Å². The lowest BCUT2D eigenvalue weighted by molar-refractivity contribution is -0.301. The zero-order valence-corrected chi connectivity index (χ0v) is 3.68. The van der Waals surface area contributed by atoms with Crippen molar-refractivity contribution in [1.82, 2.24) is 0 Å². The van der Waals surface area contributed by atoms with Gasteiger partial charge in [-0.05, 0) is 0 Å². The lowest BCUT2D eigenvalue weighted by atomic mass is 10.2. The molecule has 0 aromatic heterocycles. The summed E-state index contributed by atoms with van der Waals surface area (Å²) < 4.78 is 0. The third kappa shape index (κ3) is 1.44. The molecular weight excluding hydrogens is 118 g/mol. The van der Waals surface area contributed by atoms with Crippen molar-refractivity contribution in [1.29, 1.82) is 0 Å². The standard InChI is InChI=1S/B2H2O6/c3-1-5-7-2(4)8-6-1/h3-4H. The Morgan fingerprint density at radius 2 is 1.00 bits per heavy atom. The average molecular weight is 120 g/mol. The van der Waals surface area contributed by atoms with E-state index in [0.29, 0.717) is 0 Å². The topological polar surface area (TPSA) is 77.4 Å². The number of hydrogen-bond acceptors (Lipinski definition) is 6. The van der Waals surface area contributed by atoms with E-state index in [1.807, 2.05) is 0 Å². The summed E-state index contributed by atoms with van der Waals surface area (Å²) in [6.07, 6.45) is 0. The van der Waals surface area contributed by atoms with E-state index in [1.54, 1.807) is 0 Å². The zero-order chi connectivity index (χ0) is 5.98. The Bertz CT molecular complexity index is 54.9. The molecule has 8 heteroatoms. The summed E-state index contributed by atoms with van der Waals surface area (Å²) in [5.74, 6) is 0. The Morgan fingerprint density at radius 3 is 1.25 bits per heavy atom. The predicted molar refractivity (Wildman–Crippen MR) is 20.3 cm³/mol. The van der Waals surface area contributed by atoms with Crippen LogP contribution in [0.3, 0.4) is 0 Å². The first-order chi connectivity index (χ1) is 3.79. The van der Waals surface area contributed by atoms with Crippen LogP contribution in [0.1, 0.15) is 0 Å². The minimum atomic E-state index is -1.58. The molecule has 1 aliphatic heterocycles. The van der Waals surface area contributed by atoms with Gasteiger partial charge in [0.1, 0.15) is 0 Å². The molecule has 1 saturated heterocycles. The second-order valence-electron chi connectivity index (χ2n) is 0.999. The SMILES string of the molecule is OB1OOB(O)OO1. The molecule has 1 fully saturated rings. The summed E-state index contributed by atoms with van der Waals surface area (Å²) in [5, 5.41) is 16.4. The van der Waals surface area contributed by atoms with Crippen LogP contribution in [0.5, 0.6) is 0 Å². The quantitative estimate of drug-likeness (QED) is 0.280. The van der Waals surface area contributed by atoms with Gasteiger partial charge in [0, 0.05) is 0 Å². The molecule has 6 nitrogen and oxygen atoms in total. The molecule has 44 valence electrons. The van der Waals surface area contributed by atoms with E-state index in [1.165, 1.54) is 0 Å². The normalized spacial score (nSPS) is 21.8. The van der Waals surface area contributed by atoms with Crippen molar-refractivity contribution in [3.63, 3.8) is 0 Å². The second-order valence-corrected chi connectivity index (χ2v) is 0.999. The molecule has 0 aromatic rings. The van der Waals surface area contributed by atoms with Crippen LogP contribution in [-0.2, 0) is 19.2 Å². The van der Waals surface area contributed by atoms with Gasteiger partial charge in [0.25, 0.3) is 0 Å². The van der Waals surface area contributed by atoms with E-state index in [2.05, 4.69) is 19.2 Å². The van der Waals surface area contributed by atoms with Crippen molar-refractivity contribution in [3.05, 3.63) is 0 Å². The van der Waals surface area contributed by atoms with Crippen LogP contribution in [0.15, 0.2) is 0 Å². The third-order valence-corrected chi connectivity index (χ3v) is 0.440. The third-order valence-electron chi connectivity index (χ3n) is 0.440. The first-order valence-electron chi connectivity index (χ1n) is 1.79. The lowest BCUT2D eigenvalue weighted by Gasteiger charge is -2.13. The van der Waals surface area contributed by atoms with Crippen molar-refractivity contribution in [2.45, 2.75) is 0 Å². The van der Waals surface area contributed by atoms with Gasteiger partial charge in [-0.25, -0.2) is 19.2 Å². The Hall–Kier alpha value is -0.110. The van der Waals surface area contributed by atoms with Crippen LogP contribution in [0.2, 0.25) is 0 Å². The molecular formula is H2B2O6. The van der Waals surface area contributed by atoms with Crippen LogP contribution >= 0.6 is 0 Å². The molecule has 0 spiro atoms. The van der Waals surface area contributed by atoms with Crippen LogP contribution < -0.4 is 0 Å². The average Bonchev–Trinajstić information content (AvgIpc) is 1.77.